The molecule has 6 nitrogen and oxygen atoms in total. The van der Waals surface area contributed by atoms with Crippen molar-refractivity contribution in [2.75, 3.05) is 30.3 Å². The van der Waals surface area contributed by atoms with Crippen LogP contribution < -0.4 is 4.90 Å². The molecule has 0 N–H and O–H groups in total. The molecule has 154 valence electrons. The van der Waals surface area contributed by atoms with Gasteiger partial charge >= 0.3 is 0 Å². The Morgan fingerprint density at radius 3 is 2.43 bits per heavy atom. The van der Waals surface area contributed by atoms with Crippen LogP contribution in [-0.2, 0) is 25.8 Å². The van der Waals surface area contributed by atoms with Crippen molar-refractivity contribution in [1.82, 2.24) is 4.90 Å². The maximum absolute atomic E-state index is 13.1. The summed E-state index contributed by atoms with van der Waals surface area (Å²) in [6.07, 6.45) is 1.68. The number of sulfone groups is 1. The standard InChI is InChI=1S/C20H27BrN2O4S/c1-13-8-14(2)12-22(11-13)19(25)5-7-28(26,27)18-10-17(21)9-16-4-6-23(15(3)24)20(16)18/h9-10,13-14H,4-8,11-12H2,1-3H3. The van der Waals surface area contributed by atoms with Crippen LogP contribution in [0.4, 0.5) is 5.69 Å². The molecule has 0 aromatic heterocycles. The van der Waals surface area contributed by atoms with Gasteiger partial charge in [0.05, 0.1) is 16.3 Å². The Bertz CT molecular complexity index is 890. The first kappa shape index (κ1) is 21.3. The van der Waals surface area contributed by atoms with Crippen molar-refractivity contribution in [3.05, 3.63) is 22.2 Å². The number of nitrogens with zero attached hydrogens (tertiary/aromatic N) is 2. The lowest BCUT2D eigenvalue weighted by molar-refractivity contribution is -0.133. The highest BCUT2D eigenvalue weighted by Gasteiger charge is 2.32. The molecule has 2 unspecified atom stereocenters. The summed E-state index contributed by atoms with van der Waals surface area (Å²) in [5.74, 6) is 0.324. The Labute approximate surface area is 175 Å². The lowest BCUT2D eigenvalue weighted by Gasteiger charge is -2.35. The van der Waals surface area contributed by atoms with E-state index in [0.29, 0.717) is 48.1 Å². The second kappa shape index (κ2) is 8.14. The minimum absolute atomic E-state index is 0.0386. The van der Waals surface area contributed by atoms with E-state index in [0.717, 1.165) is 12.0 Å². The Kier molecular flexibility index (Phi) is 6.20. The lowest BCUT2D eigenvalue weighted by atomic mass is 9.92. The molecule has 2 aliphatic heterocycles. The van der Waals surface area contributed by atoms with Crippen molar-refractivity contribution in [2.45, 2.75) is 44.9 Å². The zero-order valence-corrected chi connectivity index (χ0v) is 19.0. The molecular formula is C20H27BrN2O4S. The molecule has 0 saturated carbocycles. The first-order valence-electron chi connectivity index (χ1n) is 9.69. The number of carbonyl (C=O) groups is 2. The molecule has 1 aromatic rings. The van der Waals surface area contributed by atoms with Crippen molar-refractivity contribution in [2.24, 2.45) is 11.8 Å². The predicted octanol–water partition coefficient (Wildman–Crippen LogP) is 3.03. The highest BCUT2D eigenvalue weighted by atomic mass is 79.9. The maximum atomic E-state index is 13.1. The third kappa shape index (κ3) is 4.43. The molecule has 2 amide bonds. The van der Waals surface area contributed by atoms with Gasteiger partial charge in [0.1, 0.15) is 0 Å². The molecule has 0 radical (unpaired) electrons. The first-order chi connectivity index (χ1) is 13.1. The van der Waals surface area contributed by atoms with Gasteiger partial charge < -0.3 is 9.80 Å². The van der Waals surface area contributed by atoms with Gasteiger partial charge in [0, 0.05) is 37.5 Å². The Balaban J connectivity index is 1.80. The fourth-order valence-corrected chi connectivity index (χ4v) is 6.54. The molecule has 2 atom stereocenters. The number of hydrogen-bond donors (Lipinski definition) is 0. The minimum atomic E-state index is -3.71. The third-order valence-corrected chi connectivity index (χ3v) is 7.70. The van der Waals surface area contributed by atoms with E-state index in [2.05, 4.69) is 29.8 Å². The summed E-state index contributed by atoms with van der Waals surface area (Å²) in [5.41, 5.74) is 1.32. The fraction of sp³-hybridized carbons (Fsp3) is 0.600. The third-order valence-electron chi connectivity index (χ3n) is 5.51. The first-order valence-corrected chi connectivity index (χ1v) is 12.1. The molecule has 1 aromatic carbocycles. The maximum Gasteiger partial charge on any atom is 0.223 e. The second-order valence-electron chi connectivity index (χ2n) is 8.15. The summed E-state index contributed by atoms with van der Waals surface area (Å²) in [5, 5.41) is 0. The molecule has 0 spiro atoms. The number of rotatable bonds is 4. The van der Waals surface area contributed by atoms with E-state index in [4.69, 9.17) is 0 Å². The van der Waals surface area contributed by atoms with Crippen LogP contribution in [0.2, 0.25) is 0 Å². The summed E-state index contributed by atoms with van der Waals surface area (Å²) in [6.45, 7) is 7.53. The lowest BCUT2D eigenvalue weighted by Crippen LogP contribution is -2.43. The molecular weight excluding hydrogens is 444 g/mol. The topological polar surface area (TPSA) is 74.8 Å². The van der Waals surface area contributed by atoms with Crippen LogP contribution in [-0.4, -0.2) is 50.5 Å². The van der Waals surface area contributed by atoms with E-state index in [1.54, 1.807) is 11.0 Å². The van der Waals surface area contributed by atoms with Gasteiger partial charge in [-0.2, -0.15) is 0 Å². The number of fused-ring (bicyclic) bond motifs is 1. The number of carbonyl (C=O) groups excluding carboxylic acids is 2. The Morgan fingerprint density at radius 1 is 1.18 bits per heavy atom. The van der Waals surface area contributed by atoms with E-state index in [1.165, 1.54) is 11.8 Å². The van der Waals surface area contributed by atoms with E-state index in [1.807, 2.05) is 6.07 Å². The van der Waals surface area contributed by atoms with Crippen LogP contribution in [0.3, 0.4) is 0 Å². The monoisotopic (exact) mass is 470 g/mol. The summed E-state index contributed by atoms with van der Waals surface area (Å²) in [6, 6.07) is 3.41. The van der Waals surface area contributed by atoms with Crippen LogP contribution in [0.5, 0.6) is 0 Å². The fourth-order valence-electron chi connectivity index (χ4n) is 4.38. The Hall–Kier alpha value is -1.41. The van der Waals surface area contributed by atoms with Crippen molar-refractivity contribution >= 4 is 43.3 Å². The van der Waals surface area contributed by atoms with Gasteiger partial charge in [0.2, 0.25) is 11.8 Å². The highest BCUT2D eigenvalue weighted by molar-refractivity contribution is 9.10. The minimum Gasteiger partial charge on any atom is -0.342 e. The van der Waals surface area contributed by atoms with Gasteiger partial charge in [0.15, 0.2) is 9.84 Å². The van der Waals surface area contributed by atoms with Gasteiger partial charge in [-0.15, -0.1) is 0 Å². The number of amides is 2. The van der Waals surface area contributed by atoms with Crippen LogP contribution in [0.15, 0.2) is 21.5 Å². The number of likely N-dealkylation sites (tertiary alicyclic amines) is 1. The number of piperidine rings is 1. The zero-order valence-electron chi connectivity index (χ0n) is 16.6. The summed E-state index contributed by atoms with van der Waals surface area (Å²) in [7, 11) is -3.71. The predicted molar refractivity (Wildman–Crippen MR) is 112 cm³/mol. The number of benzene rings is 1. The van der Waals surface area contributed by atoms with E-state index >= 15 is 0 Å². The van der Waals surface area contributed by atoms with Crippen molar-refractivity contribution in [1.29, 1.82) is 0 Å². The van der Waals surface area contributed by atoms with Crippen LogP contribution in [0.25, 0.3) is 0 Å². The number of anilines is 1. The summed E-state index contributed by atoms with van der Waals surface area (Å²) < 4.78 is 26.9. The van der Waals surface area contributed by atoms with Crippen LogP contribution >= 0.6 is 15.9 Å². The average molecular weight is 471 g/mol. The van der Waals surface area contributed by atoms with Crippen molar-refractivity contribution in [3.8, 4) is 0 Å². The quantitative estimate of drug-likeness (QED) is 0.677. The normalized spacial score (nSPS) is 22.3. The van der Waals surface area contributed by atoms with Gasteiger partial charge in [-0.3, -0.25) is 9.59 Å². The van der Waals surface area contributed by atoms with Gasteiger partial charge in [-0.25, -0.2) is 8.42 Å². The molecule has 28 heavy (non-hydrogen) atoms. The van der Waals surface area contributed by atoms with E-state index < -0.39 is 9.84 Å². The van der Waals surface area contributed by atoms with Crippen molar-refractivity contribution < 1.29 is 18.0 Å². The molecule has 0 bridgehead atoms. The SMILES string of the molecule is CC(=O)N1CCc2cc(Br)cc(S(=O)(=O)CCC(=O)N3CC(C)CC(C)C3)c21. The molecule has 3 rings (SSSR count). The van der Waals surface area contributed by atoms with Gasteiger partial charge in [0.25, 0.3) is 0 Å². The van der Waals surface area contributed by atoms with Gasteiger partial charge in [-0.05, 0) is 42.4 Å². The molecule has 0 aliphatic carbocycles. The molecule has 1 saturated heterocycles. The Morgan fingerprint density at radius 2 is 1.82 bits per heavy atom. The second-order valence-corrected chi connectivity index (χ2v) is 11.1. The molecule has 8 heteroatoms. The molecule has 2 heterocycles. The number of hydrogen-bond acceptors (Lipinski definition) is 4. The van der Waals surface area contributed by atoms with E-state index in [9.17, 15) is 18.0 Å². The zero-order chi connectivity index (χ0) is 20.6. The summed E-state index contributed by atoms with van der Waals surface area (Å²) in [4.78, 5) is 28.0. The van der Waals surface area contributed by atoms with Crippen molar-refractivity contribution in [3.63, 3.8) is 0 Å². The smallest absolute Gasteiger partial charge is 0.223 e. The van der Waals surface area contributed by atoms with Crippen LogP contribution in [0, 0.1) is 11.8 Å². The van der Waals surface area contributed by atoms with Crippen LogP contribution in [0.1, 0.15) is 39.2 Å². The average Bonchev–Trinajstić information content (AvgIpc) is 3.01. The van der Waals surface area contributed by atoms with Gasteiger partial charge in [-0.1, -0.05) is 29.8 Å². The van der Waals surface area contributed by atoms with E-state index in [-0.39, 0.29) is 28.9 Å². The molecule has 2 aliphatic rings. The molecule has 1 fully saturated rings. The number of halogens is 1. The summed E-state index contributed by atoms with van der Waals surface area (Å²) >= 11 is 3.38. The highest BCUT2D eigenvalue weighted by Crippen LogP contribution is 2.38. The largest absolute Gasteiger partial charge is 0.342 e.